The number of hydrogen-bond acceptors (Lipinski definition) is 1. The van der Waals surface area contributed by atoms with E-state index in [4.69, 9.17) is 4.98 Å². The Hall–Kier alpha value is -2.67. The van der Waals surface area contributed by atoms with Crippen LogP contribution in [0.1, 0.15) is 56.9 Å². The van der Waals surface area contributed by atoms with E-state index in [2.05, 4.69) is 73.7 Å². The van der Waals surface area contributed by atoms with Crippen LogP contribution in [0, 0.1) is 5.92 Å². The van der Waals surface area contributed by atoms with Gasteiger partial charge in [-0.1, -0.05) is 74.4 Å². The first-order valence-corrected chi connectivity index (χ1v) is 11.2. The van der Waals surface area contributed by atoms with E-state index in [0.29, 0.717) is 5.92 Å². The van der Waals surface area contributed by atoms with E-state index in [0.717, 1.165) is 11.6 Å². The summed E-state index contributed by atoms with van der Waals surface area (Å²) in [6.07, 6.45) is 10.1. The largest absolute Gasteiger partial charge is 0.256 e. The first kappa shape index (κ1) is 18.4. The van der Waals surface area contributed by atoms with Crippen LogP contribution >= 0.6 is 0 Å². The summed E-state index contributed by atoms with van der Waals surface area (Å²) in [6, 6.07) is 24.4. The zero-order valence-corrected chi connectivity index (χ0v) is 17.3. The van der Waals surface area contributed by atoms with Gasteiger partial charge in [0.2, 0.25) is 0 Å². The molecule has 1 aromatic heterocycles. The fourth-order valence-electron chi connectivity index (χ4n) is 5.28. The molecule has 0 spiro atoms. The van der Waals surface area contributed by atoms with Crippen molar-refractivity contribution in [1.29, 1.82) is 0 Å². The van der Waals surface area contributed by atoms with Gasteiger partial charge in [-0.05, 0) is 71.4 Å². The third-order valence-electron chi connectivity index (χ3n) is 6.85. The smallest absolute Gasteiger partial charge is 0.0786 e. The molecule has 1 heteroatoms. The van der Waals surface area contributed by atoms with E-state index < -0.39 is 0 Å². The van der Waals surface area contributed by atoms with Gasteiger partial charge in [0.05, 0.1) is 5.69 Å². The van der Waals surface area contributed by atoms with Crippen molar-refractivity contribution in [3.05, 3.63) is 78.5 Å². The molecule has 0 N–H and O–H groups in total. The summed E-state index contributed by atoms with van der Waals surface area (Å²) in [7, 11) is 0. The van der Waals surface area contributed by atoms with Gasteiger partial charge in [-0.3, -0.25) is 4.98 Å². The monoisotopic (exact) mass is 379 g/mol. The van der Waals surface area contributed by atoms with Crippen molar-refractivity contribution < 1.29 is 0 Å². The summed E-state index contributed by atoms with van der Waals surface area (Å²) in [6.45, 7) is 2.32. The molecule has 1 fully saturated rings. The lowest BCUT2D eigenvalue weighted by atomic mass is 9.77. The summed E-state index contributed by atoms with van der Waals surface area (Å²) in [5.74, 6) is 1.65. The summed E-state index contributed by atoms with van der Waals surface area (Å²) < 4.78 is 0. The van der Waals surface area contributed by atoms with Gasteiger partial charge in [0, 0.05) is 17.1 Å². The highest BCUT2D eigenvalue weighted by Gasteiger charge is 2.22. The van der Waals surface area contributed by atoms with Crippen molar-refractivity contribution in [3.8, 4) is 11.3 Å². The molecule has 4 aromatic rings. The third-order valence-corrected chi connectivity index (χ3v) is 6.85. The Morgan fingerprint density at radius 1 is 0.793 bits per heavy atom. The number of nitrogens with zero attached hydrogens (tertiary/aromatic N) is 1. The maximum atomic E-state index is 4.85. The summed E-state index contributed by atoms with van der Waals surface area (Å²) in [4.78, 5) is 4.85. The molecule has 0 unspecified atom stereocenters. The van der Waals surface area contributed by atoms with Crippen molar-refractivity contribution >= 4 is 21.5 Å². The van der Waals surface area contributed by atoms with Crippen LogP contribution in [-0.4, -0.2) is 4.98 Å². The van der Waals surface area contributed by atoms with Crippen LogP contribution in [0.4, 0.5) is 0 Å². The summed E-state index contributed by atoms with van der Waals surface area (Å²) >= 11 is 0. The molecule has 0 bridgehead atoms. The van der Waals surface area contributed by atoms with Crippen molar-refractivity contribution in [2.75, 3.05) is 0 Å². The fraction of sp³-hybridized carbons (Fsp3) is 0.321. The molecule has 1 aliphatic carbocycles. The minimum Gasteiger partial charge on any atom is -0.256 e. The highest BCUT2D eigenvalue weighted by molar-refractivity contribution is 6.03. The number of fused-ring (bicyclic) bond motifs is 2. The molecule has 146 valence electrons. The van der Waals surface area contributed by atoms with E-state index >= 15 is 0 Å². The van der Waals surface area contributed by atoms with Crippen LogP contribution in [0.15, 0.2) is 72.9 Å². The zero-order chi connectivity index (χ0) is 19.6. The molecule has 1 aliphatic rings. The Bertz CT molecular complexity index is 1130. The highest BCUT2D eigenvalue weighted by atomic mass is 14.7. The van der Waals surface area contributed by atoms with Crippen molar-refractivity contribution in [2.24, 2.45) is 5.92 Å². The molecule has 0 amide bonds. The lowest BCUT2D eigenvalue weighted by Crippen LogP contribution is -2.13. The molecular weight excluding hydrogens is 350 g/mol. The van der Waals surface area contributed by atoms with Crippen LogP contribution in [0.5, 0.6) is 0 Å². The van der Waals surface area contributed by atoms with E-state index in [9.17, 15) is 0 Å². The van der Waals surface area contributed by atoms with E-state index in [-0.39, 0.29) is 0 Å². The van der Waals surface area contributed by atoms with Gasteiger partial charge < -0.3 is 0 Å². The minimum atomic E-state index is 0.702. The van der Waals surface area contributed by atoms with Crippen LogP contribution in [0.2, 0.25) is 0 Å². The first-order chi connectivity index (χ1) is 14.3. The van der Waals surface area contributed by atoms with Gasteiger partial charge in [0.25, 0.3) is 0 Å². The van der Waals surface area contributed by atoms with Crippen molar-refractivity contribution in [1.82, 2.24) is 4.98 Å². The van der Waals surface area contributed by atoms with Crippen LogP contribution in [0.25, 0.3) is 32.8 Å². The maximum absolute atomic E-state index is 4.85. The van der Waals surface area contributed by atoms with Gasteiger partial charge in [-0.25, -0.2) is 0 Å². The minimum absolute atomic E-state index is 0.702. The summed E-state index contributed by atoms with van der Waals surface area (Å²) in [5, 5.41) is 5.12. The standard InChI is InChI=1S/C28H29N/c1-2-6-20-11-13-21(14-12-20)24-16-15-23-17-18-29-28(27(23)19-24)26-10-5-8-22-7-3-4-9-25(22)26/h3-5,7-10,15-21H,2,6,11-14H2,1H3. The number of rotatable bonds is 4. The quantitative estimate of drug-likeness (QED) is 0.349. The molecule has 0 atom stereocenters. The molecule has 1 heterocycles. The predicted octanol–water partition coefficient (Wildman–Crippen LogP) is 8.13. The van der Waals surface area contributed by atoms with Gasteiger partial charge in [-0.15, -0.1) is 0 Å². The normalized spacial score (nSPS) is 19.6. The van der Waals surface area contributed by atoms with Gasteiger partial charge >= 0.3 is 0 Å². The predicted molar refractivity (Wildman–Crippen MR) is 124 cm³/mol. The lowest BCUT2D eigenvalue weighted by molar-refractivity contribution is 0.308. The zero-order valence-electron chi connectivity index (χ0n) is 17.3. The first-order valence-electron chi connectivity index (χ1n) is 11.2. The Morgan fingerprint density at radius 2 is 1.59 bits per heavy atom. The van der Waals surface area contributed by atoms with Gasteiger partial charge in [0.15, 0.2) is 0 Å². The fourth-order valence-corrected chi connectivity index (χ4v) is 5.28. The Kier molecular flexibility index (Phi) is 5.06. The number of benzene rings is 3. The molecule has 0 aliphatic heterocycles. The van der Waals surface area contributed by atoms with Crippen molar-refractivity contribution in [3.63, 3.8) is 0 Å². The SMILES string of the molecule is CCCC1CCC(c2ccc3ccnc(-c4cccc5ccccc45)c3c2)CC1. The second-order valence-corrected chi connectivity index (χ2v) is 8.67. The van der Waals surface area contributed by atoms with Crippen LogP contribution in [0.3, 0.4) is 0 Å². The molecule has 1 saturated carbocycles. The molecule has 1 nitrogen and oxygen atoms in total. The average Bonchev–Trinajstić information content (AvgIpc) is 2.79. The second-order valence-electron chi connectivity index (χ2n) is 8.67. The highest BCUT2D eigenvalue weighted by Crippen LogP contribution is 2.39. The third kappa shape index (κ3) is 3.55. The Morgan fingerprint density at radius 3 is 2.45 bits per heavy atom. The average molecular weight is 380 g/mol. The van der Waals surface area contributed by atoms with E-state index in [1.54, 1.807) is 0 Å². The van der Waals surface area contributed by atoms with Crippen LogP contribution < -0.4 is 0 Å². The molecule has 3 aromatic carbocycles. The molecular formula is C28H29N. The van der Waals surface area contributed by atoms with Crippen LogP contribution in [-0.2, 0) is 0 Å². The topological polar surface area (TPSA) is 12.9 Å². The molecule has 0 saturated heterocycles. The number of aromatic nitrogens is 1. The van der Waals surface area contributed by atoms with Crippen molar-refractivity contribution in [2.45, 2.75) is 51.4 Å². The van der Waals surface area contributed by atoms with E-state index in [1.807, 2.05) is 6.20 Å². The number of hydrogen-bond donors (Lipinski definition) is 0. The molecule has 29 heavy (non-hydrogen) atoms. The Labute approximate surface area is 173 Å². The lowest BCUT2D eigenvalue weighted by Gasteiger charge is -2.29. The van der Waals surface area contributed by atoms with Gasteiger partial charge in [0.1, 0.15) is 0 Å². The molecule has 0 radical (unpaired) electrons. The van der Waals surface area contributed by atoms with E-state index in [1.165, 1.54) is 71.2 Å². The molecule has 5 rings (SSSR count). The maximum Gasteiger partial charge on any atom is 0.0786 e. The van der Waals surface area contributed by atoms with Gasteiger partial charge in [-0.2, -0.15) is 0 Å². The Balaban J connectivity index is 1.56. The summed E-state index contributed by atoms with van der Waals surface area (Å²) in [5.41, 5.74) is 3.85. The number of pyridine rings is 1. The second kappa shape index (κ2) is 7.99.